The number of benzene rings is 8. The Kier molecular flexibility index (Phi) is 5.96. The number of para-hydroxylation sites is 2. The molecule has 1 nitrogen and oxygen atoms in total. The van der Waals surface area contributed by atoms with Crippen molar-refractivity contribution in [3.63, 3.8) is 0 Å². The molecule has 8 aromatic carbocycles. The molecule has 0 amide bonds. The number of rotatable bonds is 3. The van der Waals surface area contributed by atoms with Gasteiger partial charge in [-0.15, -0.1) is 11.3 Å². The van der Waals surface area contributed by atoms with Crippen LogP contribution in [0.25, 0.3) is 91.5 Å². The molecular formula is C44H26BrNS. The molecule has 3 heteroatoms. The maximum absolute atomic E-state index is 3.90. The first-order valence-electron chi connectivity index (χ1n) is 15.9. The van der Waals surface area contributed by atoms with Crippen molar-refractivity contribution < 1.29 is 0 Å². The molecule has 2 heterocycles. The van der Waals surface area contributed by atoms with Crippen LogP contribution in [-0.4, -0.2) is 4.57 Å². The molecule has 47 heavy (non-hydrogen) atoms. The Labute approximate surface area is 284 Å². The zero-order chi connectivity index (χ0) is 31.1. The highest BCUT2D eigenvalue weighted by Gasteiger charge is 2.18. The Morgan fingerprint density at radius 1 is 0.426 bits per heavy atom. The van der Waals surface area contributed by atoms with Crippen LogP contribution in [0, 0.1) is 0 Å². The van der Waals surface area contributed by atoms with E-state index in [1.54, 1.807) is 0 Å². The van der Waals surface area contributed by atoms with Crippen LogP contribution >= 0.6 is 27.3 Å². The van der Waals surface area contributed by atoms with Crippen molar-refractivity contribution >= 4 is 90.8 Å². The van der Waals surface area contributed by atoms with Gasteiger partial charge in [-0.25, -0.2) is 0 Å². The van der Waals surface area contributed by atoms with E-state index in [1.165, 1.54) is 91.5 Å². The van der Waals surface area contributed by atoms with E-state index in [4.69, 9.17) is 0 Å². The van der Waals surface area contributed by atoms with Crippen LogP contribution < -0.4 is 0 Å². The lowest BCUT2D eigenvalue weighted by Gasteiger charge is -2.14. The molecule has 0 aliphatic heterocycles. The van der Waals surface area contributed by atoms with Gasteiger partial charge in [0.1, 0.15) is 0 Å². The van der Waals surface area contributed by atoms with Crippen LogP contribution in [0.1, 0.15) is 0 Å². The van der Waals surface area contributed by atoms with Gasteiger partial charge in [0.25, 0.3) is 0 Å². The topological polar surface area (TPSA) is 4.93 Å². The summed E-state index contributed by atoms with van der Waals surface area (Å²) in [4.78, 5) is 0. The van der Waals surface area contributed by atoms with Crippen molar-refractivity contribution in [1.29, 1.82) is 0 Å². The molecule has 0 saturated heterocycles. The summed E-state index contributed by atoms with van der Waals surface area (Å²) in [6.07, 6.45) is 0. The molecule has 0 saturated carbocycles. The third-order valence-electron chi connectivity index (χ3n) is 9.57. The van der Waals surface area contributed by atoms with E-state index in [0.717, 1.165) is 4.47 Å². The summed E-state index contributed by atoms with van der Waals surface area (Å²) in [5, 5.41) is 10.2. The van der Waals surface area contributed by atoms with Crippen LogP contribution in [0.15, 0.2) is 162 Å². The van der Waals surface area contributed by atoms with Gasteiger partial charge in [-0.1, -0.05) is 107 Å². The Bertz CT molecular complexity index is 2860. The molecule has 10 rings (SSSR count). The Morgan fingerprint density at radius 3 is 1.96 bits per heavy atom. The van der Waals surface area contributed by atoms with E-state index in [-0.39, 0.29) is 0 Å². The summed E-state index contributed by atoms with van der Waals surface area (Å²) in [5.41, 5.74) is 8.49. The van der Waals surface area contributed by atoms with Gasteiger partial charge in [0.2, 0.25) is 0 Å². The van der Waals surface area contributed by atoms with Crippen molar-refractivity contribution in [2.45, 2.75) is 0 Å². The number of halogens is 1. The maximum atomic E-state index is 3.90. The summed E-state index contributed by atoms with van der Waals surface area (Å²) in [7, 11) is 0. The second-order valence-corrected chi connectivity index (χ2v) is 14.3. The molecule has 10 aromatic rings. The molecule has 0 atom stereocenters. The highest BCUT2D eigenvalue weighted by atomic mass is 79.9. The predicted octanol–water partition coefficient (Wildman–Crippen LogP) is 13.6. The quantitative estimate of drug-likeness (QED) is 0.175. The van der Waals surface area contributed by atoms with Crippen molar-refractivity contribution in [3.05, 3.63) is 162 Å². The van der Waals surface area contributed by atoms with E-state index in [2.05, 4.69) is 178 Å². The van der Waals surface area contributed by atoms with Crippen LogP contribution in [0.5, 0.6) is 0 Å². The third-order valence-corrected chi connectivity index (χ3v) is 11.2. The monoisotopic (exact) mass is 679 g/mol. The van der Waals surface area contributed by atoms with Crippen LogP contribution in [-0.2, 0) is 0 Å². The molecule has 0 radical (unpaired) electrons. The number of aromatic nitrogens is 1. The minimum atomic E-state index is 1.07. The molecule has 2 aromatic heterocycles. The zero-order valence-corrected chi connectivity index (χ0v) is 27.6. The molecule has 0 N–H and O–H groups in total. The van der Waals surface area contributed by atoms with Gasteiger partial charge < -0.3 is 4.57 Å². The average Bonchev–Trinajstić information content (AvgIpc) is 3.65. The molecule has 0 unspecified atom stereocenters. The van der Waals surface area contributed by atoms with Gasteiger partial charge in [0.15, 0.2) is 0 Å². The summed E-state index contributed by atoms with van der Waals surface area (Å²) in [5.74, 6) is 0. The molecule has 0 fully saturated rings. The van der Waals surface area contributed by atoms with Crippen LogP contribution in [0.3, 0.4) is 0 Å². The second kappa shape index (κ2) is 10.4. The largest absolute Gasteiger partial charge is 0.309 e. The van der Waals surface area contributed by atoms with Crippen molar-refractivity contribution in [3.8, 4) is 27.9 Å². The van der Waals surface area contributed by atoms with Gasteiger partial charge in [0.05, 0.1) is 11.0 Å². The normalized spacial score (nSPS) is 11.9. The fraction of sp³-hybridized carbons (Fsp3) is 0. The first kappa shape index (κ1) is 26.9. The van der Waals surface area contributed by atoms with E-state index in [1.807, 2.05) is 11.3 Å². The van der Waals surface area contributed by atoms with Crippen molar-refractivity contribution in [2.24, 2.45) is 0 Å². The van der Waals surface area contributed by atoms with Crippen LogP contribution in [0.4, 0.5) is 0 Å². The van der Waals surface area contributed by atoms with E-state index < -0.39 is 0 Å². The molecule has 220 valence electrons. The molecule has 0 aliphatic carbocycles. The van der Waals surface area contributed by atoms with Gasteiger partial charge in [-0.05, 0) is 105 Å². The lowest BCUT2D eigenvalue weighted by atomic mass is 9.93. The minimum Gasteiger partial charge on any atom is -0.309 e. The van der Waals surface area contributed by atoms with E-state index in [9.17, 15) is 0 Å². The Balaban J connectivity index is 1.21. The zero-order valence-electron chi connectivity index (χ0n) is 25.2. The Hall–Kier alpha value is -5.22. The van der Waals surface area contributed by atoms with Gasteiger partial charge in [-0.3, -0.25) is 0 Å². The number of fused-ring (bicyclic) bond motifs is 9. The van der Waals surface area contributed by atoms with Crippen molar-refractivity contribution in [2.75, 3.05) is 0 Å². The Morgan fingerprint density at radius 2 is 1.11 bits per heavy atom. The summed E-state index contributed by atoms with van der Waals surface area (Å²) in [6, 6.07) is 57.9. The number of hydrogen-bond acceptors (Lipinski definition) is 1. The highest BCUT2D eigenvalue weighted by molar-refractivity contribution is 9.10. The fourth-order valence-corrected chi connectivity index (χ4v) is 9.07. The SMILES string of the molecule is Brc1cc(-c2ccc3sc4cc5ccccc5cc4c3c2)cc(-c2cc3c4ccccc4n(-c4ccccc4)c3c3ccccc23)c1. The highest BCUT2D eigenvalue weighted by Crippen LogP contribution is 2.43. The summed E-state index contributed by atoms with van der Waals surface area (Å²) in [6.45, 7) is 0. The second-order valence-electron chi connectivity index (χ2n) is 12.3. The van der Waals surface area contributed by atoms with E-state index in [0.29, 0.717) is 0 Å². The van der Waals surface area contributed by atoms with Crippen LogP contribution in [0.2, 0.25) is 0 Å². The standard InChI is InChI=1S/C44H26BrNS/c45-32-21-30(29-18-19-42-38(24-29)39-23-27-10-4-5-11-28(27)25-43(39)47-42)20-31(22-32)37-26-40-35-15-8-9-17-41(35)46(33-12-2-1-3-13-33)44(40)36-16-7-6-14-34(36)37/h1-26H. The molecular weight excluding hydrogens is 654 g/mol. The van der Waals surface area contributed by atoms with E-state index >= 15 is 0 Å². The minimum absolute atomic E-state index is 1.07. The lowest BCUT2D eigenvalue weighted by molar-refractivity contribution is 1.19. The number of nitrogens with zero attached hydrogens (tertiary/aromatic N) is 1. The van der Waals surface area contributed by atoms with Gasteiger partial charge in [-0.2, -0.15) is 0 Å². The molecule has 0 bridgehead atoms. The summed E-state index contributed by atoms with van der Waals surface area (Å²) < 4.78 is 6.15. The first-order valence-corrected chi connectivity index (χ1v) is 17.5. The lowest BCUT2D eigenvalue weighted by Crippen LogP contribution is -1.94. The maximum Gasteiger partial charge on any atom is 0.0619 e. The van der Waals surface area contributed by atoms with Gasteiger partial charge >= 0.3 is 0 Å². The predicted molar refractivity (Wildman–Crippen MR) is 207 cm³/mol. The third kappa shape index (κ3) is 4.20. The average molecular weight is 681 g/mol. The smallest absolute Gasteiger partial charge is 0.0619 e. The van der Waals surface area contributed by atoms with Crippen molar-refractivity contribution in [1.82, 2.24) is 4.57 Å². The molecule has 0 spiro atoms. The van der Waals surface area contributed by atoms with Gasteiger partial charge in [0, 0.05) is 46.5 Å². The summed E-state index contributed by atoms with van der Waals surface area (Å²) >= 11 is 5.78. The molecule has 0 aliphatic rings. The number of thiophene rings is 1. The number of hydrogen-bond donors (Lipinski definition) is 0. The first-order chi connectivity index (χ1) is 23.2. The fourth-order valence-electron chi connectivity index (χ4n) is 7.46.